The summed E-state index contributed by atoms with van der Waals surface area (Å²) >= 11 is 1.84. The van der Waals surface area contributed by atoms with Crippen molar-refractivity contribution in [1.82, 2.24) is 10.3 Å². The Morgan fingerprint density at radius 2 is 2.23 bits per heavy atom. The van der Waals surface area contributed by atoms with Gasteiger partial charge in [0.25, 0.3) is 0 Å². The van der Waals surface area contributed by atoms with Gasteiger partial charge in [-0.25, -0.2) is 4.98 Å². The molecule has 22 heavy (non-hydrogen) atoms. The Kier molecular flexibility index (Phi) is 4.91. The highest BCUT2D eigenvalue weighted by Gasteiger charge is 2.24. The van der Waals surface area contributed by atoms with Gasteiger partial charge in [0.05, 0.1) is 16.8 Å². The molecule has 3 rings (SSSR count). The Labute approximate surface area is 136 Å². The zero-order valence-corrected chi connectivity index (χ0v) is 14.1. The second kappa shape index (κ2) is 6.90. The minimum absolute atomic E-state index is 0.347. The molecule has 1 aliphatic carbocycles. The molecule has 2 atom stereocenters. The number of thiazole rings is 1. The fourth-order valence-corrected chi connectivity index (χ4v) is 4.30. The van der Waals surface area contributed by atoms with Gasteiger partial charge in [-0.05, 0) is 43.7 Å². The average molecular weight is 316 g/mol. The van der Waals surface area contributed by atoms with Gasteiger partial charge in [0.1, 0.15) is 0 Å². The van der Waals surface area contributed by atoms with Gasteiger partial charge in [0.2, 0.25) is 0 Å². The van der Waals surface area contributed by atoms with Crippen LogP contribution >= 0.6 is 11.3 Å². The van der Waals surface area contributed by atoms with Gasteiger partial charge in [-0.15, -0.1) is 11.3 Å². The SMILES string of the molecule is CCc1nc2c(s1)C(NCC(O)c1ccccc1C)CCC2. The molecule has 2 aromatic rings. The number of nitrogens with one attached hydrogen (secondary N) is 1. The fraction of sp³-hybridized carbons (Fsp3) is 0.500. The molecule has 0 amide bonds. The zero-order valence-electron chi connectivity index (χ0n) is 13.3. The van der Waals surface area contributed by atoms with Crippen molar-refractivity contribution < 1.29 is 5.11 Å². The van der Waals surface area contributed by atoms with Crippen LogP contribution in [0.25, 0.3) is 0 Å². The Bertz CT molecular complexity index is 638. The van der Waals surface area contributed by atoms with Crippen molar-refractivity contribution in [2.45, 2.75) is 51.7 Å². The Hall–Kier alpha value is -1.23. The highest BCUT2D eigenvalue weighted by atomic mass is 32.1. The Morgan fingerprint density at radius 3 is 3.00 bits per heavy atom. The minimum atomic E-state index is -0.454. The molecule has 0 saturated carbocycles. The summed E-state index contributed by atoms with van der Waals surface area (Å²) in [4.78, 5) is 6.12. The van der Waals surface area contributed by atoms with Gasteiger partial charge in [-0.2, -0.15) is 0 Å². The predicted molar refractivity (Wildman–Crippen MR) is 91.3 cm³/mol. The topological polar surface area (TPSA) is 45.2 Å². The van der Waals surface area contributed by atoms with Crippen molar-refractivity contribution in [3.8, 4) is 0 Å². The van der Waals surface area contributed by atoms with Crippen LogP contribution in [0.5, 0.6) is 0 Å². The molecule has 0 spiro atoms. The largest absolute Gasteiger partial charge is 0.387 e. The third kappa shape index (κ3) is 3.24. The predicted octanol–water partition coefficient (Wildman–Crippen LogP) is 3.71. The van der Waals surface area contributed by atoms with Crippen LogP contribution < -0.4 is 5.32 Å². The van der Waals surface area contributed by atoms with E-state index in [1.807, 2.05) is 42.5 Å². The van der Waals surface area contributed by atoms with Gasteiger partial charge >= 0.3 is 0 Å². The molecule has 118 valence electrons. The molecule has 1 aromatic carbocycles. The van der Waals surface area contributed by atoms with Gasteiger partial charge in [0.15, 0.2) is 0 Å². The van der Waals surface area contributed by atoms with Crippen molar-refractivity contribution in [3.05, 3.63) is 51.0 Å². The highest BCUT2D eigenvalue weighted by Crippen LogP contribution is 2.34. The first kappa shape index (κ1) is 15.7. The maximum atomic E-state index is 10.5. The van der Waals surface area contributed by atoms with E-state index in [4.69, 9.17) is 4.98 Å². The first-order valence-corrected chi connectivity index (χ1v) is 8.96. The number of hydrogen-bond acceptors (Lipinski definition) is 4. The van der Waals surface area contributed by atoms with Crippen molar-refractivity contribution in [1.29, 1.82) is 0 Å². The van der Waals surface area contributed by atoms with Crippen molar-refractivity contribution in [2.75, 3.05) is 6.54 Å². The van der Waals surface area contributed by atoms with Crippen LogP contribution in [0.2, 0.25) is 0 Å². The summed E-state index contributed by atoms with van der Waals surface area (Å²) in [6, 6.07) is 8.40. The standard InChI is InChI=1S/C18H24N2OS/c1-3-17-20-15-10-6-9-14(18(15)22-17)19-11-16(21)13-8-5-4-7-12(13)2/h4-5,7-8,14,16,19,21H,3,6,9-11H2,1-2H3. The molecular formula is C18H24N2OS. The average Bonchev–Trinajstić information content (AvgIpc) is 2.96. The second-order valence-corrected chi connectivity index (χ2v) is 7.11. The monoisotopic (exact) mass is 316 g/mol. The number of aromatic nitrogens is 1. The number of benzene rings is 1. The van der Waals surface area contributed by atoms with E-state index in [2.05, 4.69) is 12.2 Å². The fourth-order valence-electron chi connectivity index (χ4n) is 3.14. The van der Waals surface area contributed by atoms with E-state index in [-0.39, 0.29) is 0 Å². The maximum Gasteiger partial charge on any atom is 0.0928 e. The Balaban J connectivity index is 1.68. The van der Waals surface area contributed by atoms with E-state index in [1.54, 1.807) is 0 Å². The zero-order chi connectivity index (χ0) is 15.5. The smallest absolute Gasteiger partial charge is 0.0928 e. The van der Waals surface area contributed by atoms with Crippen LogP contribution in [-0.4, -0.2) is 16.6 Å². The van der Waals surface area contributed by atoms with Gasteiger partial charge in [-0.3, -0.25) is 0 Å². The second-order valence-electron chi connectivity index (χ2n) is 6.00. The van der Waals surface area contributed by atoms with Crippen LogP contribution in [0.15, 0.2) is 24.3 Å². The third-order valence-corrected chi connectivity index (χ3v) is 5.76. The molecule has 0 radical (unpaired) electrons. The number of aliphatic hydroxyl groups is 1. The summed E-state index contributed by atoms with van der Waals surface area (Å²) in [6.45, 7) is 4.80. The Morgan fingerprint density at radius 1 is 1.41 bits per heavy atom. The number of nitrogens with zero attached hydrogens (tertiary/aromatic N) is 1. The lowest BCUT2D eigenvalue weighted by molar-refractivity contribution is 0.167. The molecule has 0 bridgehead atoms. The highest BCUT2D eigenvalue weighted by molar-refractivity contribution is 7.11. The van der Waals surface area contributed by atoms with E-state index in [1.165, 1.54) is 22.0 Å². The molecule has 4 heteroatoms. The summed E-state index contributed by atoms with van der Waals surface area (Å²) in [5.41, 5.74) is 3.44. The van der Waals surface area contributed by atoms with Crippen molar-refractivity contribution >= 4 is 11.3 Å². The van der Waals surface area contributed by atoms with Crippen LogP contribution in [0.3, 0.4) is 0 Å². The lowest BCUT2D eigenvalue weighted by atomic mass is 9.97. The molecule has 0 aliphatic heterocycles. The van der Waals surface area contributed by atoms with Crippen LogP contribution in [0, 0.1) is 6.92 Å². The minimum Gasteiger partial charge on any atom is -0.387 e. The lowest BCUT2D eigenvalue weighted by Crippen LogP contribution is -2.28. The molecule has 0 fully saturated rings. The molecule has 1 aromatic heterocycles. The first-order valence-electron chi connectivity index (χ1n) is 8.14. The number of fused-ring (bicyclic) bond motifs is 1. The van der Waals surface area contributed by atoms with Crippen molar-refractivity contribution in [3.63, 3.8) is 0 Å². The number of aliphatic hydroxyl groups excluding tert-OH is 1. The summed E-state index contributed by atoms with van der Waals surface area (Å²) in [5, 5.41) is 15.3. The van der Waals surface area contributed by atoms with Crippen LogP contribution in [0.4, 0.5) is 0 Å². The van der Waals surface area contributed by atoms with E-state index in [9.17, 15) is 5.11 Å². The molecule has 0 saturated heterocycles. The summed E-state index contributed by atoms with van der Waals surface area (Å²) in [6.07, 6.45) is 3.97. The molecule has 1 aliphatic rings. The lowest BCUT2D eigenvalue weighted by Gasteiger charge is -2.24. The quantitative estimate of drug-likeness (QED) is 0.884. The number of hydrogen-bond donors (Lipinski definition) is 2. The molecule has 1 heterocycles. The normalized spacial score (nSPS) is 19.0. The molecular weight excluding hydrogens is 292 g/mol. The van der Waals surface area contributed by atoms with E-state index in [0.29, 0.717) is 12.6 Å². The van der Waals surface area contributed by atoms with E-state index < -0.39 is 6.10 Å². The third-order valence-electron chi connectivity index (χ3n) is 4.40. The van der Waals surface area contributed by atoms with Gasteiger partial charge in [0, 0.05) is 17.5 Å². The molecule has 3 nitrogen and oxygen atoms in total. The van der Waals surface area contributed by atoms with Crippen molar-refractivity contribution in [2.24, 2.45) is 0 Å². The summed E-state index contributed by atoms with van der Waals surface area (Å²) in [5.74, 6) is 0. The molecule has 2 N–H and O–H groups in total. The number of aryl methyl sites for hydroxylation is 3. The van der Waals surface area contributed by atoms with Crippen LogP contribution in [0.1, 0.15) is 58.6 Å². The maximum absolute atomic E-state index is 10.5. The van der Waals surface area contributed by atoms with E-state index in [0.717, 1.165) is 30.4 Å². The van der Waals surface area contributed by atoms with Gasteiger partial charge in [-0.1, -0.05) is 31.2 Å². The van der Waals surface area contributed by atoms with E-state index >= 15 is 0 Å². The van der Waals surface area contributed by atoms with Gasteiger partial charge < -0.3 is 10.4 Å². The summed E-state index contributed by atoms with van der Waals surface area (Å²) < 4.78 is 0. The number of rotatable bonds is 5. The van der Waals surface area contributed by atoms with Crippen LogP contribution in [-0.2, 0) is 12.8 Å². The first-order chi connectivity index (χ1) is 10.7. The molecule has 2 unspecified atom stereocenters. The summed E-state index contributed by atoms with van der Waals surface area (Å²) in [7, 11) is 0.